The summed E-state index contributed by atoms with van der Waals surface area (Å²) < 4.78 is 11.0. The van der Waals surface area contributed by atoms with Crippen molar-refractivity contribution in [3.8, 4) is 5.75 Å². The molecule has 8 heteroatoms. The monoisotopic (exact) mass is 460 g/mol. The van der Waals surface area contributed by atoms with Crippen molar-refractivity contribution < 1.29 is 24.5 Å². The summed E-state index contributed by atoms with van der Waals surface area (Å²) in [5, 5.41) is 6.74. The predicted molar refractivity (Wildman–Crippen MR) is 128 cm³/mol. The average Bonchev–Trinajstić information content (AvgIpc) is 2.76. The van der Waals surface area contributed by atoms with Gasteiger partial charge in [0.15, 0.2) is 0 Å². The second kappa shape index (κ2) is 11.3. The Bertz CT molecular complexity index is 1030. The van der Waals surface area contributed by atoms with E-state index in [0.717, 1.165) is 10.9 Å². The van der Waals surface area contributed by atoms with Crippen molar-refractivity contribution in [3.05, 3.63) is 40.2 Å². The highest BCUT2D eigenvalue weighted by molar-refractivity contribution is 5.86. The normalized spacial score (nSPS) is 13.4. The molecule has 33 heavy (non-hydrogen) atoms. The Morgan fingerprint density at radius 2 is 1.79 bits per heavy atom. The van der Waals surface area contributed by atoms with Crippen LogP contribution >= 0.6 is 0 Å². The SMILES string of the molecule is CCC(C)(CC(C)(C)C(=O)NCC[NH3+])C(=O)NCCCOc1ccc2c(C)cc(=O)oc2c1. The lowest BCUT2D eigenvalue weighted by Crippen LogP contribution is -2.56. The molecule has 0 aliphatic carbocycles. The Labute approximate surface area is 195 Å². The lowest BCUT2D eigenvalue weighted by Gasteiger charge is -2.35. The maximum absolute atomic E-state index is 12.9. The van der Waals surface area contributed by atoms with Gasteiger partial charge >= 0.3 is 5.63 Å². The van der Waals surface area contributed by atoms with Gasteiger partial charge in [-0.1, -0.05) is 27.7 Å². The molecule has 0 aliphatic heterocycles. The highest BCUT2D eigenvalue weighted by Crippen LogP contribution is 2.37. The fourth-order valence-electron chi connectivity index (χ4n) is 3.94. The van der Waals surface area contributed by atoms with Gasteiger partial charge in [-0.2, -0.15) is 0 Å². The topological polar surface area (TPSA) is 125 Å². The van der Waals surface area contributed by atoms with Gasteiger partial charge in [0.1, 0.15) is 11.3 Å². The Morgan fingerprint density at radius 1 is 1.09 bits per heavy atom. The molecule has 0 saturated carbocycles. The number of quaternary nitrogens is 1. The first-order valence-corrected chi connectivity index (χ1v) is 11.6. The number of fused-ring (bicyclic) bond motifs is 1. The molecule has 1 aromatic heterocycles. The van der Waals surface area contributed by atoms with Crippen molar-refractivity contribution in [2.45, 2.75) is 53.9 Å². The summed E-state index contributed by atoms with van der Waals surface area (Å²) >= 11 is 0. The third-order valence-corrected chi connectivity index (χ3v) is 6.04. The van der Waals surface area contributed by atoms with Gasteiger partial charge in [0.05, 0.1) is 19.7 Å². The predicted octanol–water partition coefficient (Wildman–Crippen LogP) is 2.18. The molecule has 5 N–H and O–H groups in total. The largest absolute Gasteiger partial charge is 0.493 e. The fraction of sp³-hybridized carbons (Fsp3) is 0.560. The molecule has 2 aromatic rings. The molecule has 8 nitrogen and oxygen atoms in total. The minimum atomic E-state index is -0.663. The van der Waals surface area contributed by atoms with E-state index in [4.69, 9.17) is 9.15 Å². The van der Waals surface area contributed by atoms with Crippen LogP contribution in [0.25, 0.3) is 11.0 Å². The van der Waals surface area contributed by atoms with Gasteiger partial charge in [-0.05, 0) is 43.9 Å². The molecule has 1 aromatic carbocycles. The van der Waals surface area contributed by atoms with Crippen molar-refractivity contribution in [2.75, 3.05) is 26.2 Å². The summed E-state index contributed by atoms with van der Waals surface area (Å²) in [6.07, 6.45) is 1.70. The number of aryl methyl sites for hydroxylation is 1. The molecule has 0 fully saturated rings. The summed E-state index contributed by atoms with van der Waals surface area (Å²) in [7, 11) is 0. The molecule has 2 amide bonds. The summed E-state index contributed by atoms with van der Waals surface area (Å²) in [6.45, 7) is 11.5. The molecule has 0 saturated heterocycles. The minimum absolute atomic E-state index is 0.0616. The van der Waals surface area contributed by atoms with Crippen LogP contribution in [0.3, 0.4) is 0 Å². The first-order valence-electron chi connectivity index (χ1n) is 11.6. The molecule has 0 bridgehead atoms. The zero-order valence-corrected chi connectivity index (χ0v) is 20.5. The van der Waals surface area contributed by atoms with E-state index in [1.165, 1.54) is 6.07 Å². The quantitative estimate of drug-likeness (QED) is 0.331. The number of hydrogen-bond donors (Lipinski definition) is 3. The van der Waals surface area contributed by atoms with Gasteiger partial charge in [-0.15, -0.1) is 0 Å². The minimum Gasteiger partial charge on any atom is -0.493 e. The first-order chi connectivity index (χ1) is 15.5. The van der Waals surface area contributed by atoms with E-state index in [9.17, 15) is 14.4 Å². The van der Waals surface area contributed by atoms with Gasteiger partial charge in [0, 0.05) is 34.9 Å². The van der Waals surface area contributed by atoms with Crippen LogP contribution in [0, 0.1) is 17.8 Å². The van der Waals surface area contributed by atoms with E-state index in [1.807, 2.05) is 46.8 Å². The first kappa shape index (κ1) is 26.4. The van der Waals surface area contributed by atoms with E-state index in [2.05, 4.69) is 16.4 Å². The maximum Gasteiger partial charge on any atom is 0.336 e. The van der Waals surface area contributed by atoms with Crippen LogP contribution in [-0.4, -0.2) is 38.1 Å². The summed E-state index contributed by atoms with van der Waals surface area (Å²) in [6, 6.07) is 6.88. The van der Waals surface area contributed by atoms with Crippen LogP contribution in [-0.2, 0) is 9.59 Å². The number of benzene rings is 1. The van der Waals surface area contributed by atoms with E-state index in [1.54, 1.807) is 6.07 Å². The number of carbonyl (C=O) groups is 2. The van der Waals surface area contributed by atoms with Crippen molar-refractivity contribution in [1.82, 2.24) is 10.6 Å². The maximum atomic E-state index is 12.9. The zero-order valence-electron chi connectivity index (χ0n) is 20.5. The molecule has 1 heterocycles. The third-order valence-electron chi connectivity index (χ3n) is 6.04. The lowest BCUT2D eigenvalue weighted by molar-refractivity contribution is -0.364. The summed E-state index contributed by atoms with van der Waals surface area (Å²) in [5.41, 5.74) is 3.39. The zero-order chi connectivity index (χ0) is 24.6. The molecule has 0 radical (unpaired) electrons. The van der Waals surface area contributed by atoms with Crippen molar-refractivity contribution in [2.24, 2.45) is 10.8 Å². The molecule has 0 spiro atoms. The van der Waals surface area contributed by atoms with E-state index in [-0.39, 0.29) is 17.4 Å². The van der Waals surface area contributed by atoms with E-state index >= 15 is 0 Å². The van der Waals surface area contributed by atoms with Gasteiger partial charge in [0.25, 0.3) is 0 Å². The van der Waals surface area contributed by atoms with Crippen LogP contribution in [0.1, 0.15) is 52.5 Å². The Kier molecular flexibility index (Phi) is 9.05. The molecular formula is C25H38N3O5+. The lowest BCUT2D eigenvalue weighted by atomic mass is 9.71. The van der Waals surface area contributed by atoms with Gasteiger partial charge in [-0.25, -0.2) is 4.79 Å². The highest BCUT2D eigenvalue weighted by Gasteiger charge is 2.40. The van der Waals surface area contributed by atoms with Crippen molar-refractivity contribution in [1.29, 1.82) is 0 Å². The number of hydrogen-bond acceptors (Lipinski definition) is 5. The van der Waals surface area contributed by atoms with Crippen molar-refractivity contribution >= 4 is 22.8 Å². The van der Waals surface area contributed by atoms with E-state index in [0.29, 0.717) is 56.8 Å². The number of amides is 2. The molecule has 1 unspecified atom stereocenters. The molecule has 182 valence electrons. The average molecular weight is 461 g/mol. The molecule has 1 atom stereocenters. The van der Waals surface area contributed by atoms with Gasteiger partial charge in [0.2, 0.25) is 11.8 Å². The summed E-state index contributed by atoms with van der Waals surface area (Å²) in [5.74, 6) is 0.482. The Hall–Kier alpha value is -2.87. The third kappa shape index (κ3) is 7.05. The van der Waals surface area contributed by atoms with Gasteiger partial charge in [-0.3, -0.25) is 9.59 Å². The van der Waals surface area contributed by atoms with Crippen LogP contribution in [0.4, 0.5) is 0 Å². The number of rotatable bonds is 12. The van der Waals surface area contributed by atoms with Crippen LogP contribution in [0.5, 0.6) is 5.75 Å². The smallest absolute Gasteiger partial charge is 0.336 e. The number of nitrogens with one attached hydrogen (secondary N) is 2. The Balaban J connectivity index is 1.86. The molecule has 2 rings (SSSR count). The highest BCUT2D eigenvalue weighted by atomic mass is 16.5. The second-order valence-electron chi connectivity index (χ2n) is 9.45. The number of carbonyl (C=O) groups excluding carboxylic acids is 2. The fourth-order valence-corrected chi connectivity index (χ4v) is 3.94. The van der Waals surface area contributed by atoms with E-state index < -0.39 is 10.8 Å². The Morgan fingerprint density at radius 3 is 2.45 bits per heavy atom. The van der Waals surface area contributed by atoms with Crippen molar-refractivity contribution in [3.63, 3.8) is 0 Å². The number of ether oxygens (including phenoxy) is 1. The standard InChI is InChI=1S/C25H37N3O5/c1-6-25(5,16-24(3,4)22(30)28-12-10-26)23(31)27-11-7-13-32-18-8-9-19-17(2)14-21(29)33-20(19)15-18/h8-9,14-15H,6-7,10-13,16,26H2,1-5H3,(H,27,31)(H,28,30)/p+1. The molecule has 0 aliphatic rings. The van der Waals surface area contributed by atoms with Crippen LogP contribution in [0.15, 0.2) is 33.5 Å². The van der Waals surface area contributed by atoms with Crippen LogP contribution in [0.2, 0.25) is 0 Å². The second-order valence-corrected chi connectivity index (χ2v) is 9.45. The van der Waals surface area contributed by atoms with Gasteiger partial charge < -0.3 is 25.5 Å². The summed E-state index contributed by atoms with van der Waals surface area (Å²) in [4.78, 5) is 37.0. The van der Waals surface area contributed by atoms with Crippen LogP contribution < -0.4 is 26.7 Å². The molecular weight excluding hydrogens is 422 g/mol.